The number of hydrogen-bond donors (Lipinski definition) is 1. The third kappa shape index (κ3) is 2.72. The molecular formula is C14H12N4O2. The van der Waals surface area contributed by atoms with Gasteiger partial charge in [-0.25, -0.2) is 0 Å². The number of nitro groups is 1. The average Bonchev–Trinajstić information content (AvgIpc) is 2.41. The van der Waals surface area contributed by atoms with E-state index in [9.17, 15) is 10.1 Å². The van der Waals surface area contributed by atoms with Crippen LogP contribution in [-0.2, 0) is 0 Å². The van der Waals surface area contributed by atoms with Gasteiger partial charge in [-0.15, -0.1) is 0 Å². The van der Waals surface area contributed by atoms with E-state index in [0.29, 0.717) is 5.69 Å². The molecule has 0 saturated heterocycles. The number of rotatable bonds is 3. The van der Waals surface area contributed by atoms with Crippen LogP contribution in [0.1, 0.15) is 17.0 Å². The van der Waals surface area contributed by atoms with Crippen molar-refractivity contribution in [1.29, 1.82) is 5.26 Å². The van der Waals surface area contributed by atoms with Crippen LogP contribution >= 0.6 is 0 Å². The van der Waals surface area contributed by atoms with E-state index >= 15 is 0 Å². The van der Waals surface area contributed by atoms with Crippen molar-refractivity contribution in [2.45, 2.75) is 13.8 Å². The quantitative estimate of drug-likeness (QED) is 0.681. The minimum absolute atomic E-state index is 0.0410. The molecule has 100 valence electrons. The maximum Gasteiger partial charge on any atom is 0.289 e. The van der Waals surface area contributed by atoms with Crippen molar-refractivity contribution in [3.8, 4) is 6.07 Å². The minimum Gasteiger partial charge on any atom is -0.354 e. The van der Waals surface area contributed by atoms with Gasteiger partial charge in [0.25, 0.3) is 5.69 Å². The monoisotopic (exact) mass is 268 g/mol. The molecule has 6 nitrogen and oxygen atoms in total. The molecule has 6 heteroatoms. The lowest BCUT2D eigenvalue weighted by Crippen LogP contribution is -1.98. The number of nitro benzene ring substituents is 1. The van der Waals surface area contributed by atoms with Crippen molar-refractivity contribution in [2.75, 3.05) is 5.32 Å². The molecule has 0 aliphatic carbocycles. The van der Waals surface area contributed by atoms with Gasteiger partial charge in [-0.2, -0.15) is 5.26 Å². The van der Waals surface area contributed by atoms with E-state index in [1.165, 1.54) is 12.1 Å². The van der Waals surface area contributed by atoms with E-state index in [1.54, 1.807) is 12.1 Å². The smallest absolute Gasteiger partial charge is 0.289 e. The Kier molecular flexibility index (Phi) is 3.62. The molecule has 0 saturated carbocycles. The van der Waals surface area contributed by atoms with Gasteiger partial charge in [0.05, 0.1) is 16.3 Å². The molecule has 1 N–H and O–H groups in total. The summed E-state index contributed by atoms with van der Waals surface area (Å²) in [6.07, 6.45) is 0. The summed E-state index contributed by atoms with van der Waals surface area (Å²) >= 11 is 0. The fourth-order valence-corrected chi connectivity index (χ4v) is 1.83. The van der Waals surface area contributed by atoms with Crippen molar-refractivity contribution >= 4 is 17.1 Å². The Morgan fingerprint density at radius 1 is 1.30 bits per heavy atom. The third-order valence-electron chi connectivity index (χ3n) is 2.82. The zero-order valence-electron chi connectivity index (χ0n) is 11.0. The van der Waals surface area contributed by atoms with E-state index in [0.717, 1.165) is 17.1 Å². The van der Waals surface area contributed by atoms with Crippen molar-refractivity contribution in [3.05, 3.63) is 57.4 Å². The molecule has 0 unspecified atom stereocenters. The third-order valence-corrected chi connectivity index (χ3v) is 2.82. The Labute approximate surface area is 115 Å². The van der Waals surface area contributed by atoms with Crippen molar-refractivity contribution < 1.29 is 4.92 Å². The summed E-state index contributed by atoms with van der Waals surface area (Å²) in [4.78, 5) is 14.7. The highest BCUT2D eigenvalue weighted by molar-refractivity contribution is 5.66. The Bertz CT molecular complexity index is 720. The number of pyridine rings is 1. The fraction of sp³-hybridized carbons (Fsp3) is 0.143. The first kappa shape index (κ1) is 13.5. The topological polar surface area (TPSA) is 91.8 Å². The second-order valence-electron chi connectivity index (χ2n) is 4.31. The molecule has 2 aromatic rings. The molecule has 0 amide bonds. The van der Waals surface area contributed by atoms with Crippen LogP contribution in [0.25, 0.3) is 0 Å². The summed E-state index contributed by atoms with van der Waals surface area (Å²) in [6.45, 7) is 3.75. The van der Waals surface area contributed by atoms with Crippen LogP contribution in [0.3, 0.4) is 0 Å². The van der Waals surface area contributed by atoms with E-state index in [2.05, 4.69) is 10.3 Å². The van der Waals surface area contributed by atoms with Crippen molar-refractivity contribution in [1.82, 2.24) is 4.98 Å². The zero-order valence-corrected chi connectivity index (χ0v) is 11.0. The number of benzene rings is 1. The van der Waals surface area contributed by atoms with Gasteiger partial charge in [0.1, 0.15) is 11.6 Å². The SMILES string of the molecule is Cc1ccc(Nc2ccc(C#N)c([N+](=O)[O-])c2)c(C)n1. The molecule has 0 spiro atoms. The first-order valence-electron chi connectivity index (χ1n) is 5.91. The van der Waals surface area contributed by atoms with Gasteiger partial charge in [-0.05, 0) is 38.1 Å². The minimum atomic E-state index is -0.565. The molecule has 0 atom stereocenters. The Morgan fingerprint density at radius 2 is 2.05 bits per heavy atom. The molecule has 1 aromatic carbocycles. The molecule has 20 heavy (non-hydrogen) atoms. The van der Waals surface area contributed by atoms with Crippen molar-refractivity contribution in [3.63, 3.8) is 0 Å². The maximum absolute atomic E-state index is 10.9. The molecular weight excluding hydrogens is 256 g/mol. The molecule has 0 aliphatic rings. The number of nitrogens with one attached hydrogen (secondary N) is 1. The van der Waals surface area contributed by atoms with Crippen LogP contribution in [0.5, 0.6) is 0 Å². The Balaban J connectivity index is 2.37. The fourth-order valence-electron chi connectivity index (χ4n) is 1.83. The zero-order chi connectivity index (χ0) is 14.7. The molecule has 2 rings (SSSR count). The molecule has 1 aromatic heterocycles. The van der Waals surface area contributed by atoms with E-state index in [4.69, 9.17) is 5.26 Å². The molecule has 0 fully saturated rings. The molecule has 0 bridgehead atoms. The van der Waals surface area contributed by atoms with Crippen LogP contribution in [0, 0.1) is 35.3 Å². The number of nitriles is 1. The highest BCUT2D eigenvalue weighted by Gasteiger charge is 2.14. The lowest BCUT2D eigenvalue weighted by molar-refractivity contribution is -0.385. The largest absolute Gasteiger partial charge is 0.354 e. The summed E-state index contributed by atoms with van der Waals surface area (Å²) in [7, 11) is 0. The number of aryl methyl sites for hydroxylation is 2. The van der Waals surface area contributed by atoms with Gasteiger partial charge < -0.3 is 5.32 Å². The molecule has 0 aliphatic heterocycles. The number of nitrogens with zero attached hydrogens (tertiary/aromatic N) is 3. The van der Waals surface area contributed by atoms with Gasteiger partial charge in [-0.1, -0.05) is 0 Å². The van der Waals surface area contributed by atoms with Gasteiger partial charge in [0.15, 0.2) is 0 Å². The van der Waals surface area contributed by atoms with Gasteiger partial charge in [0.2, 0.25) is 0 Å². The van der Waals surface area contributed by atoms with Gasteiger partial charge in [-0.3, -0.25) is 15.1 Å². The van der Waals surface area contributed by atoms with Crippen molar-refractivity contribution in [2.24, 2.45) is 0 Å². The molecule has 0 radical (unpaired) electrons. The van der Waals surface area contributed by atoms with Gasteiger partial charge in [0, 0.05) is 17.4 Å². The van der Waals surface area contributed by atoms with E-state index in [-0.39, 0.29) is 11.3 Å². The normalized spacial score (nSPS) is 9.85. The van der Waals surface area contributed by atoms with Crippen LogP contribution in [0.15, 0.2) is 30.3 Å². The number of hydrogen-bond acceptors (Lipinski definition) is 5. The lowest BCUT2D eigenvalue weighted by Gasteiger charge is -2.09. The predicted molar refractivity (Wildman–Crippen MR) is 74.8 cm³/mol. The Morgan fingerprint density at radius 3 is 2.65 bits per heavy atom. The second kappa shape index (κ2) is 5.36. The van der Waals surface area contributed by atoms with Crippen LogP contribution < -0.4 is 5.32 Å². The average molecular weight is 268 g/mol. The molecule has 1 heterocycles. The predicted octanol–water partition coefficient (Wildman–Crippen LogP) is 3.22. The summed E-state index contributed by atoms with van der Waals surface area (Å²) in [6, 6.07) is 9.93. The lowest BCUT2D eigenvalue weighted by atomic mass is 10.1. The highest BCUT2D eigenvalue weighted by atomic mass is 16.6. The highest BCUT2D eigenvalue weighted by Crippen LogP contribution is 2.26. The summed E-state index contributed by atoms with van der Waals surface area (Å²) in [5, 5.41) is 22.8. The van der Waals surface area contributed by atoms with Crippen LogP contribution in [0.2, 0.25) is 0 Å². The first-order valence-corrected chi connectivity index (χ1v) is 5.91. The van der Waals surface area contributed by atoms with E-state index < -0.39 is 4.92 Å². The van der Waals surface area contributed by atoms with Crippen LogP contribution in [-0.4, -0.2) is 9.91 Å². The number of anilines is 2. The summed E-state index contributed by atoms with van der Waals surface area (Å²) in [5.74, 6) is 0. The summed E-state index contributed by atoms with van der Waals surface area (Å²) in [5.41, 5.74) is 2.85. The van der Waals surface area contributed by atoms with E-state index in [1.807, 2.05) is 26.0 Å². The summed E-state index contributed by atoms with van der Waals surface area (Å²) < 4.78 is 0. The second-order valence-corrected chi connectivity index (χ2v) is 4.31. The first-order chi connectivity index (χ1) is 9.51. The maximum atomic E-state index is 10.9. The number of aromatic nitrogens is 1. The van der Waals surface area contributed by atoms with Gasteiger partial charge >= 0.3 is 0 Å². The Hall–Kier alpha value is -2.94. The standard InChI is InChI=1S/C14H12N4O2/c1-9-3-6-13(10(2)16-9)17-12-5-4-11(8-15)14(7-12)18(19)20/h3-7,17H,1-2H3. The van der Waals surface area contributed by atoms with Crippen LogP contribution in [0.4, 0.5) is 17.1 Å².